The third kappa shape index (κ3) is 3.81. The maximum atomic E-state index is 12.4. The molecule has 0 aliphatic carbocycles. The molecule has 3 atom stereocenters. The fraction of sp³-hybridized carbons (Fsp3) is 0.611. The van der Waals surface area contributed by atoms with Crippen molar-refractivity contribution in [1.82, 2.24) is 4.90 Å². The van der Waals surface area contributed by atoms with E-state index in [0.29, 0.717) is 29.3 Å². The molecule has 1 aromatic rings. The van der Waals surface area contributed by atoms with Gasteiger partial charge in [-0.15, -0.1) is 0 Å². The zero-order valence-corrected chi connectivity index (χ0v) is 14.5. The molecule has 2 aliphatic heterocycles. The van der Waals surface area contributed by atoms with Gasteiger partial charge in [0.25, 0.3) is 0 Å². The molecule has 0 amide bonds. The molecule has 2 aliphatic rings. The van der Waals surface area contributed by atoms with Crippen LogP contribution in [0.25, 0.3) is 0 Å². The second kappa shape index (κ2) is 7.10. The minimum Gasteiger partial charge on any atom is -0.479 e. The average Bonchev–Trinajstić information content (AvgIpc) is 2.75. The van der Waals surface area contributed by atoms with Crippen LogP contribution in [0.4, 0.5) is 0 Å². The SMILES string of the molecule is CC[C@H](Oc1ccc(Cl)cc1)C(=O)OC1C[C@@H]2CC[C@@H](C1)N2C. The smallest absolute Gasteiger partial charge is 0.347 e. The highest BCUT2D eigenvalue weighted by molar-refractivity contribution is 6.30. The van der Waals surface area contributed by atoms with Gasteiger partial charge < -0.3 is 14.4 Å². The summed E-state index contributed by atoms with van der Waals surface area (Å²) in [7, 11) is 2.18. The van der Waals surface area contributed by atoms with Gasteiger partial charge in [-0.1, -0.05) is 18.5 Å². The zero-order chi connectivity index (χ0) is 16.4. The van der Waals surface area contributed by atoms with E-state index in [4.69, 9.17) is 21.1 Å². The van der Waals surface area contributed by atoms with Gasteiger partial charge in [0.2, 0.25) is 0 Å². The Hall–Kier alpha value is -1.26. The molecule has 0 radical (unpaired) electrons. The van der Waals surface area contributed by atoms with Crippen molar-refractivity contribution in [1.29, 1.82) is 0 Å². The summed E-state index contributed by atoms with van der Waals surface area (Å²) >= 11 is 5.87. The van der Waals surface area contributed by atoms with E-state index in [1.165, 1.54) is 12.8 Å². The average molecular weight is 338 g/mol. The highest BCUT2D eigenvalue weighted by Gasteiger charge is 2.40. The summed E-state index contributed by atoms with van der Waals surface area (Å²) < 4.78 is 11.5. The molecule has 0 spiro atoms. The molecule has 2 saturated heterocycles. The van der Waals surface area contributed by atoms with Gasteiger partial charge in [0.15, 0.2) is 6.10 Å². The summed E-state index contributed by atoms with van der Waals surface area (Å²) in [6.07, 6.45) is 4.36. The maximum Gasteiger partial charge on any atom is 0.347 e. The number of piperidine rings is 1. The van der Waals surface area contributed by atoms with Crippen LogP contribution < -0.4 is 4.74 Å². The molecule has 5 heteroatoms. The second-order valence-electron chi connectivity index (χ2n) is 6.55. The number of ether oxygens (including phenoxy) is 2. The molecule has 126 valence electrons. The number of benzene rings is 1. The van der Waals surface area contributed by atoms with E-state index in [0.717, 1.165) is 12.8 Å². The number of fused-ring (bicyclic) bond motifs is 2. The highest BCUT2D eigenvalue weighted by atomic mass is 35.5. The Bertz CT molecular complexity index is 534. The Morgan fingerprint density at radius 3 is 2.43 bits per heavy atom. The first-order chi connectivity index (χ1) is 11.1. The Labute approximate surface area is 142 Å². The van der Waals surface area contributed by atoms with Crippen molar-refractivity contribution >= 4 is 17.6 Å². The lowest BCUT2D eigenvalue weighted by Gasteiger charge is -2.36. The first kappa shape index (κ1) is 16.6. The molecule has 23 heavy (non-hydrogen) atoms. The third-order valence-corrected chi connectivity index (χ3v) is 5.32. The number of nitrogens with zero attached hydrogens (tertiary/aromatic N) is 1. The summed E-state index contributed by atoms with van der Waals surface area (Å²) in [6.45, 7) is 1.93. The molecular formula is C18H24ClNO3. The number of carbonyl (C=O) groups excluding carboxylic acids is 1. The van der Waals surface area contributed by atoms with Crippen molar-refractivity contribution in [2.45, 2.75) is 63.3 Å². The van der Waals surface area contributed by atoms with Crippen LogP contribution in [0.3, 0.4) is 0 Å². The van der Waals surface area contributed by atoms with Gasteiger partial charge in [-0.05, 0) is 63.4 Å². The van der Waals surface area contributed by atoms with Crippen LogP contribution in [0.2, 0.25) is 5.02 Å². The van der Waals surface area contributed by atoms with Gasteiger partial charge in [0.1, 0.15) is 11.9 Å². The normalized spacial score (nSPS) is 28.4. The Morgan fingerprint density at radius 1 is 1.26 bits per heavy atom. The van der Waals surface area contributed by atoms with Gasteiger partial charge in [-0.2, -0.15) is 0 Å². The van der Waals surface area contributed by atoms with Crippen LogP contribution in [0, 0.1) is 0 Å². The molecule has 0 unspecified atom stereocenters. The standard InChI is InChI=1S/C18H24ClNO3/c1-3-17(22-15-8-4-12(19)5-9-15)18(21)23-16-10-13-6-7-14(11-16)20(13)2/h4-5,8-9,13-14,16-17H,3,6-7,10-11H2,1-2H3/t13-,14-,17-/m0/s1. The molecule has 3 rings (SSSR count). The van der Waals surface area contributed by atoms with Crippen molar-refractivity contribution in [3.63, 3.8) is 0 Å². The summed E-state index contributed by atoms with van der Waals surface area (Å²) in [5.41, 5.74) is 0. The molecule has 2 heterocycles. The van der Waals surface area contributed by atoms with Crippen molar-refractivity contribution < 1.29 is 14.3 Å². The van der Waals surface area contributed by atoms with E-state index in [1.807, 2.05) is 6.92 Å². The Morgan fingerprint density at radius 2 is 1.87 bits per heavy atom. The lowest BCUT2D eigenvalue weighted by Crippen LogP contribution is -2.44. The van der Waals surface area contributed by atoms with E-state index in [-0.39, 0.29) is 12.1 Å². The van der Waals surface area contributed by atoms with Crippen LogP contribution in [0.5, 0.6) is 5.75 Å². The summed E-state index contributed by atoms with van der Waals surface area (Å²) in [5, 5.41) is 0.648. The predicted octanol–water partition coefficient (Wildman–Crippen LogP) is 3.67. The van der Waals surface area contributed by atoms with Gasteiger partial charge in [0.05, 0.1) is 0 Å². The van der Waals surface area contributed by atoms with Gasteiger partial charge in [0, 0.05) is 17.1 Å². The van der Waals surface area contributed by atoms with Crippen molar-refractivity contribution in [3.8, 4) is 5.75 Å². The molecule has 0 aromatic heterocycles. The third-order valence-electron chi connectivity index (χ3n) is 5.06. The molecule has 2 bridgehead atoms. The highest BCUT2D eigenvalue weighted by Crippen LogP contribution is 2.35. The Kier molecular flexibility index (Phi) is 5.12. The predicted molar refractivity (Wildman–Crippen MR) is 89.8 cm³/mol. The van der Waals surface area contributed by atoms with Crippen LogP contribution in [0.1, 0.15) is 39.0 Å². The van der Waals surface area contributed by atoms with Gasteiger partial charge in [-0.25, -0.2) is 4.79 Å². The summed E-state index contributed by atoms with van der Waals surface area (Å²) in [6, 6.07) is 8.17. The van der Waals surface area contributed by atoms with Crippen LogP contribution in [0.15, 0.2) is 24.3 Å². The van der Waals surface area contributed by atoms with E-state index < -0.39 is 6.10 Å². The number of rotatable bonds is 5. The Balaban J connectivity index is 1.56. The van der Waals surface area contributed by atoms with Gasteiger partial charge >= 0.3 is 5.97 Å². The number of halogens is 1. The topological polar surface area (TPSA) is 38.8 Å². The van der Waals surface area contributed by atoms with Crippen LogP contribution in [-0.4, -0.2) is 42.2 Å². The second-order valence-corrected chi connectivity index (χ2v) is 6.99. The van der Waals surface area contributed by atoms with E-state index in [1.54, 1.807) is 24.3 Å². The first-order valence-corrected chi connectivity index (χ1v) is 8.79. The quantitative estimate of drug-likeness (QED) is 0.768. The monoisotopic (exact) mass is 337 g/mol. The van der Waals surface area contributed by atoms with Gasteiger partial charge in [-0.3, -0.25) is 0 Å². The van der Waals surface area contributed by atoms with Crippen LogP contribution in [-0.2, 0) is 9.53 Å². The fourth-order valence-corrected chi connectivity index (χ4v) is 3.80. The van der Waals surface area contributed by atoms with E-state index >= 15 is 0 Å². The summed E-state index contributed by atoms with van der Waals surface area (Å²) in [4.78, 5) is 14.9. The molecule has 2 fully saturated rings. The number of carbonyl (C=O) groups is 1. The van der Waals surface area contributed by atoms with E-state index in [9.17, 15) is 4.79 Å². The minimum absolute atomic E-state index is 0.0269. The number of hydrogen-bond acceptors (Lipinski definition) is 4. The molecule has 0 saturated carbocycles. The largest absolute Gasteiger partial charge is 0.479 e. The number of hydrogen-bond donors (Lipinski definition) is 0. The lowest BCUT2D eigenvalue weighted by atomic mass is 10.0. The first-order valence-electron chi connectivity index (χ1n) is 8.41. The fourth-order valence-electron chi connectivity index (χ4n) is 3.67. The molecule has 0 N–H and O–H groups in total. The zero-order valence-electron chi connectivity index (χ0n) is 13.7. The van der Waals surface area contributed by atoms with E-state index in [2.05, 4.69) is 11.9 Å². The summed E-state index contributed by atoms with van der Waals surface area (Å²) in [5.74, 6) is 0.387. The number of esters is 1. The van der Waals surface area contributed by atoms with Crippen molar-refractivity contribution in [3.05, 3.63) is 29.3 Å². The molecule has 1 aromatic carbocycles. The van der Waals surface area contributed by atoms with Crippen LogP contribution >= 0.6 is 11.6 Å². The molecule has 4 nitrogen and oxygen atoms in total. The minimum atomic E-state index is -0.562. The lowest BCUT2D eigenvalue weighted by molar-refractivity contribution is -0.161. The molecular weight excluding hydrogens is 314 g/mol. The van der Waals surface area contributed by atoms with Crippen molar-refractivity contribution in [2.24, 2.45) is 0 Å². The van der Waals surface area contributed by atoms with Crippen molar-refractivity contribution in [2.75, 3.05) is 7.05 Å². The maximum absolute atomic E-state index is 12.4.